The summed E-state index contributed by atoms with van der Waals surface area (Å²) in [5.41, 5.74) is -0.759. The molecule has 1 heterocycles. The van der Waals surface area contributed by atoms with Gasteiger partial charge in [-0.25, -0.2) is 0 Å². The topological polar surface area (TPSA) is 69.6 Å². The Morgan fingerprint density at radius 2 is 2.20 bits per heavy atom. The number of amides is 2. The zero-order valence-corrected chi connectivity index (χ0v) is 12.9. The Hall–Kier alpha value is -0.750. The molecular formula is C14H24N2O3S. The van der Waals surface area contributed by atoms with Crippen LogP contribution in [0.4, 0.5) is 0 Å². The van der Waals surface area contributed by atoms with Crippen LogP contribution in [-0.4, -0.2) is 52.1 Å². The SMILES string of the molecule is CCC1CCC(O)(CNC(=O)CN2CSCC2=O)CC1. The van der Waals surface area contributed by atoms with Crippen molar-refractivity contribution < 1.29 is 14.7 Å². The van der Waals surface area contributed by atoms with Gasteiger partial charge in [-0.15, -0.1) is 11.8 Å². The van der Waals surface area contributed by atoms with Crippen LogP contribution in [0.3, 0.4) is 0 Å². The largest absolute Gasteiger partial charge is 0.388 e. The molecule has 2 aliphatic rings. The average molecular weight is 300 g/mol. The van der Waals surface area contributed by atoms with E-state index in [1.807, 2.05) is 0 Å². The maximum absolute atomic E-state index is 11.8. The van der Waals surface area contributed by atoms with E-state index in [1.54, 1.807) is 4.90 Å². The van der Waals surface area contributed by atoms with Crippen molar-refractivity contribution in [2.24, 2.45) is 5.92 Å². The number of hydrogen-bond donors (Lipinski definition) is 2. The highest BCUT2D eigenvalue weighted by Gasteiger charge is 2.33. The lowest BCUT2D eigenvalue weighted by atomic mass is 9.78. The zero-order valence-electron chi connectivity index (χ0n) is 12.1. The van der Waals surface area contributed by atoms with Crippen molar-refractivity contribution in [1.29, 1.82) is 0 Å². The van der Waals surface area contributed by atoms with E-state index in [4.69, 9.17) is 0 Å². The molecule has 0 aromatic heterocycles. The van der Waals surface area contributed by atoms with Crippen LogP contribution in [0.2, 0.25) is 0 Å². The quantitative estimate of drug-likeness (QED) is 0.794. The third-order valence-corrected chi connectivity index (χ3v) is 5.33. The third kappa shape index (κ3) is 4.12. The summed E-state index contributed by atoms with van der Waals surface area (Å²) in [6.45, 7) is 2.60. The predicted molar refractivity (Wildman–Crippen MR) is 79.2 cm³/mol. The molecule has 0 spiro atoms. The summed E-state index contributed by atoms with van der Waals surface area (Å²) < 4.78 is 0. The van der Waals surface area contributed by atoms with Gasteiger partial charge in [-0.3, -0.25) is 9.59 Å². The molecule has 0 bridgehead atoms. The number of nitrogens with one attached hydrogen (secondary N) is 1. The Morgan fingerprint density at radius 1 is 1.50 bits per heavy atom. The molecule has 114 valence electrons. The lowest BCUT2D eigenvalue weighted by Crippen LogP contribution is -2.47. The van der Waals surface area contributed by atoms with Crippen LogP contribution in [0.25, 0.3) is 0 Å². The van der Waals surface area contributed by atoms with Crippen molar-refractivity contribution in [3.05, 3.63) is 0 Å². The van der Waals surface area contributed by atoms with Crippen LogP contribution in [0.15, 0.2) is 0 Å². The number of rotatable bonds is 5. The van der Waals surface area contributed by atoms with Crippen LogP contribution < -0.4 is 5.32 Å². The van der Waals surface area contributed by atoms with Gasteiger partial charge in [0, 0.05) is 6.54 Å². The van der Waals surface area contributed by atoms with E-state index in [1.165, 1.54) is 11.8 Å². The van der Waals surface area contributed by atoms with E-state index in [0.29, 0.717) is 24.1 Å². The summed E-state index contributed by atoms with van der Waals surface area (Å²) in [6, 6.07) is 0. The lowest BCUT2D eigenvalue weighted by molar-refractivity contribution is -0.133. The monoisotopic (exact) mass is 300 g/mol. The number of aliphatic hydroxyl groups is 1. The van der Waals surface area contributed by atoms with Gasteiger partial charge in [0.05, 0.1) is 17.2 Å². The first-order valence-corrected chi connectivity index (χ1v) is 8.52. The van der Waals surface area contributed by atoms with E-state index in [9.17, 15) is 14.7 Å². The van der Waals surface area contributed by atoms with Crippen LogP contribution in [-0.2, 0) is 9.59 Å². The summed E-state index contributed by atoms with van der Waals surface area (Å²) in [7, 11) is 0. The van der Waals surface area contributed by atoms with Crippen LogP contribution in [0, 0.1) is 5.92 Å². The molecule has 2 fully saturated rings. The highest BCUT2D eigenvalue weighted by atomic mass is 32.2. The fourth-order valence-corrected chi connectivity index (χ4v) is 3.74. The molecule has 0 aromatic rings. The first-order valence-electron chi connectivity index (χ1n) is 7.37. The normalized spacial score (nSPS) is 30.6. The van der Waals surface area contributed by atoms with E-state index in [-0.39, 0.29) is 18.4 Å². The van der Waals surface area contributed by atoms with E-state index in [2.05, 4.69) is 12.2 Å². The molecule has 1 saturated carbocycles. The molecule has 0 unspecified atom stereocenters. The highest BCUT2D eigenvalue weighted by Crippen LogP contribution is 2.33. The van der Waals surface area contributed by atoms with Gasteiger partial charge in [0.25, 0.3) is 0 Å². The summed E-state index contributed by atoms with van der Waals surface area (Å²) in [5.74, 6) is 1.62. The first-order chi connectivity index (χ1) is 9.52. The fraction of sp³-hybridized carbons (Fsp3) is 0.857. The molecule has 1 aliphatic carbocycles. The molecule has 2 rings (SSSR count). The Kier molecular flexibility index (Phi) is 5.32. The highest BCUT2D eigenvalue weighted by molar-refractivity contribution is 8.00. The molecule has 5 nitrogen and oxygen atoms in total. The smallest absolute Gasteiger partial charge is 0.239 e. The molecule has 2 N–H and O–H groups in total. The van der Waals surface area contributed by atoms with Gasteiger partial charge in [-0.1, -0.05) is 13.3 Å². The second-order valence-electron chi connectivity index (χ2n) is 5.92. The van der Waals surface area contributed by atoms with Gasteiger partial charge >= 0.3 is 0 Å². The second-order valence-corrected chi connectivity index (χ2v) is 6.88. The standard InChI is InChI=1S/C14H24N2O3S/c1-2-11-3-5-14(19,6-4-11)9-15-12(17)7-16-10-20-8-13(16)18/h11,19H,2-10H2,1H3,(H,15,17). The Labute approximate surface area is 124 Å². The molecule has 0 radical (unpaired) electrons. The maximum atomic E-state index is 11.8. The molecular weight excluding hydrogens is 276 g/mol. The number of carbonyl (C=O) groups is 2. The summed E-state index contributed by atoms with van der Waals surface area (Å²) in [4.78, 5) is 24.8. The lowest BCUT2D eigenvalue weighted by Gasteiger charge is -2.36. The average Bonchev–Trinajstić information content (AvgIpc) is 2.83. The van der Waals surface area contributed by atoms with Crippen LogP contribution in [0.5, 0.6) is 0 Å². The van der Waals surface area contributed by atoms with Crippen molar-refractivity contribution in [3.8, 4) is 0 Å². The Balaban J connectivity index is 1.71. The molecule has 6 heteroatoms. The van der Waals surface area contributed by atoms with Gasteiger partial charge in [0.2, 0.25) is 11.8 Å². The van der Waals surface area contributed by atoms with E-state index in [0.717, 1.165) is 32.1 Å². The van der Waals surface area contributed by atoms with E-state index < -0.39 is 5.60 Å². The van der Waals surface area contributed by atoms with Crippen molar-refractivity contribution >= 4 is 23.6 Å². The minimum Gasteiger partial charge on any atom is -0.388 e. The number of nitrogens with zero attached hydrogens (tertiary/aromatic N) is 1. The van der Waals surface area contributed by atoms with Crippen molar-refractivity contribution in [1.82, 2.24) is 10.2 Å². The zero-order chi connectivity index (χ0) is 14.6. The summed E-state index contributed by atoms with van der Waals surface area (Å²) >= 11 is 1.53. The first kappa shape index (κ1) is 15.6. The Bertz CT molecular complexity index is 367. The van der Waals surface area contributed by atoms with Gasteiger partial charge in [-0.05, 0) is 31.6 Å². The molecule has 20 heavy (non-hydrogen) atoms. The minimum atomic E-state index is -0.759. The number of carbonyl (C=O) groups excluding carboxylic acids is 2. The van der Waals surface area contributed by atoms with Crippen LogP contribution in [0.1, 0.15) is 39.0 Å². The van der Waals surface area contributed by atoms with E-state index >= 15 is 0 Å². The summed E-state index contributed by atoms with van der Waals surface area (Å²) in [5, 5.41) is 13.2. The Morgan fingerprint density at radius 3 is 2.75 bits per heavy atom. The van der Waals surface area contributed by atoms with Gasteiger partial charge in [0.1, 0.15) is 6.54 Å². The van der Waals surface area contributed by atoms with Crippen molar-refractivity contribution in [3.63, 3.8) is 0 Å². The molecule has 1 saturated heterocycles. The molecule has 1 aliphatic heterocycles. The predicted octanol–water partition coefficient (Wildman–Crippen LogP) is 0.967. The summed E-state index contributed by atoms with van der Waals surface area (Å²) in [6.07, 6.45) is 4.74. The molecule has 0 aromatic carbocycles. The van der Waals surface area contributed by atoms with Crippen LogP contribution >= 0.6 is 11.8 Å². The molecule has 0 atom stereocenters. The third-order valence-electron chi connectivity index (χ3n) is 4.39. The molecule has 2 amide bonds. The minimum absolute atomic E-state index is 0.0207. The number of thioether (sulfide) groups is 1. The maximum Gasteiger partial charge on any atom is 0.239 e. The van der Waals surface area contributed by atoms with Crippen molar-refractivity contribution in [2.45, 2.75) is 44.6 Å². The van der Waals surface area contributed by atoms with Crippen molar-refractivity contribution in [2.75, 3.05) is 24.7 Å². The van der Waals surface area contributed by atoms with Gasteiger partial charge in [0.15, 0.2) is 0 Å². The number of hydrogen-bond acceptors (Lipinski definition) is 4. The van der Waals surface area contributed by atoms with Gasteiger partial charge in [-0.2, -0.15) is 0 Å². The van der Waals surface area contributed by atoms with Gasteiger partial charge < -0.3 is 15.3 Å². The fourth-order valence-electron chi connectivity index (χ4n) is 2.83. The second kappa shape index (κ2) is 6.80.